The highest BCUT2D eigenvalue weighted by Gasteiger charge is 2.54. The lowest BCUT2D eigenvalue weighted by atomic mass is 9.49. The molecule has 0 aromatic heterocycles. The Morgan fingerprint density at radius 2 is 1.74 bits per heavy atom. The Balaban J connectivity index is 1.35. The number of amides is 2. The van der Waals surface area contributed by atoms with Gasteiger partial charge in [0.1, 0.15) is 0 Å². The molecule has 4 nitrogen and oxygen atoms in total. The minimum Gasteiger partial charge on any atom is -0.355 e. The van der Waals surface area contributed by atoms with E-state index in [0.717, 1.165) is 43.6 Å². The van der Waals surface area contributed by atoms with Gasteiger partial charge in [-0.15, -0.1) is 0 Å². The van der Waals surface area contributed by atoms with E-state index in [0.29, 0.717) is 24.8 Å². The first-order valence-corrected chi connectivity index (χ1v) is 9.53. The van der Waals surface area contributed by atoms with Crippen molar-refractivity contribution in [2.24, 2.45) is 29.1 Å². The molecule has 1 saturated heterocycles. The van der Waals surface area contributed by atoms with E-state index in [2.05, 4.69) is 19.2 Å². The summed E-state index contributed by atoms with van der Waals surface area (Å²) in [5, 5.41) is 3.24. The molecule has 0 aromatic carbocycles. The third kappa shape index (κ3) is 2.68. The minimum atomic E-state index is -0.0604. The average molecular weight is 318 g/mol. The van der Waals surface area contributed by atoms with E-state index in [1.807, 2.05) is 4.90 Å². The van der Waals surface area contributed by atoms with Crippen LogP contribution in [-0.2, 0) is 9.59 Å². The Morgan fingerprint density at radius 1 is 1.17 bits per heavy atom. The van der Waals surface area contributed by atoms with Crippen molar-refractivity contribution in [2.75, 3.05) is 13.1 Å². The summed E-state index contributed by atoms with van der Waals surface area (Å²) in [5.41, 5.74) is -0.0604. The number of hydrogen-bond donors (Lipinski definition) is 1. The first-order valence-electron chi connectivity index (χ1n) is 9.53. The summed E-state index contributed by atoms with van der Waals surface area (Å²) in [7, 11) is 0. The number of nitrogens with one attached hydrogen (secondary N) is 1. The van der Waals surface area contributed by atoms with Gasteiger partial charge < -0.3 is 10.2 Å². The smallest absolute Gasteiger partial charge is 0.226 e. The van der Waals surface area contributed by atoms with E-state index in [1.54, 1.807) is 0 Å². The second-order valence-corrected chi connectivity index (χ2v) is 9.12. The number of carbonyl (C=O) groups excluding carboxylic acids is 2. The van der Waals surface area contributed by atoms with Crippen LogP contribution in [0.1, 0.15) is 58.8 Å². The van der Waals surface area contributed by atoms with E-state index >= 15 is 0 Å². The molecular weight excluding hydrogens is 288 g/mol. The van der Waals surface area contributed by atoms with Crippen molar-refractivity contribution in [1.29, 1.82) is 0 Å². The quantitative estimate of drug-likeness (QED) is 0.866. The zero-order valence-electron chi connectivity index (χ0n) is 14.5. The number of rotatable bonds is 4. The zero-order chi connectivity index (χ0) is 16.2. The summed E-state index contributed by atoms with van der Waals surface area (Å²) >= 11 is 0. The normalized spacial score (nSPS) is 41.9. The van der Waals surface area contributed by atoms with Gasteiger partial charge in [-0.1, -0.05) is 0 Å². The topological polar surface area (TPSA) is 49.4 Å². The summed E-state index contributed by atoms with van der Waals surface area (Å²) in [6.45, 7) is 5.61. The van der Waals surface area contributed by atoms with Crippen molar-refractivity contribution < 1.29 is 9.59 Å². The molecule has 1 unspecified atom stereocenters. The van der Waals surface area contributed by atoms with E-state index in [1.165, 1.54) is 19.3 Å². The molecule has 5 fully saturated rings. The largest absolute Gasteiger partial charge is 0.355 e. The van der Waals surface area contributed by atoms with Gasteiger partial charge in [0.25, 0.3) is 0 Å². The predicted molar refractivity (Wildman–Crippen MR) is 88.6 cm³/mol. The third-order valence-corrected chi connectivity index (χ3v) is 6.93. The van der Waals surface area contributed by atoms with Gasteiger partial charge in [0.2, 0.25) is 11.8 Å². The highest BCUT2D eigenvalue weighted by Crippen LogP contribution is 2.60. The third-order valence-electron chi connectivity index (χ3n) is 6.93. The molecule has 0 spiro atoms. The van der Waals surface area contributed by atoms with Crippen molar-refractivity contribution in [1.82, 2.24) is 10.2 Å². The molecule has 0 aromatic rings. The van der Waals surface area contributed by atoms with Gasteiger partial charge in [-0.25, -0.2) is 0 Å². The monoisotopic (exact) mass is 318 g/mol. The second-order valence-electron chi connectivity index (χ2n) is 9.12. The lowest BCUT2D eigenvalue weighted by molar-refractivity contribution is -0.146. The van der Waals surface area contributed by atoms with Crippen molar-refractivity contribution in [3.8, 4) is 0 Å². The van der Waals surface area contributed by atoms with E-state index in [-0.39, 0.29) is 17.4 Å². The van der Waals surface area contributed by atoms with Gasteiger partial charge in [0.15, 0.2) is 0 Å². The first-order chi connectivity index (χ1) is 10.9. The van der Waals surface area contributed by atoms with Gasteiger partial charge in [0.05, 0.1) is 0 Å². The van der Waals surface area contributed by atoms with Gasteiger partial charge in [-0.3, -0.25) is 9.59 Å². The molecule has 4 bridgehead atoms. The van der Waals surface area contributed by atoms with Gasteiger partial charge >= 0.3 is 0 Å². The summed E-state index contributed by atoms with van der Waals surface area (Å²) in [6.07, 6.45) is 8.05. The fourth-order valence-corrected chi connectivity index (χ4v) is 6.26. The maximum absolute atomic E-state index is 12.9. The summed E-state index contributed by atoms with van der Waals surface area (Å²) in [6, 6.07) is 0.270. The average Bonchev–Trinajstić information content (AvgIpc) is 2.84. The summed E-state index contributed by atoms with van der Waals surface area (Å²) in [4.78, 5) is 26.9. The maximum atomic E-state index is 12.9. The van der Waals surface area contributed by atoms with Crippen LogP contribution in [0.3, 0.4) is 0 Å². The Hall–Kier alpha value is -1.06. The fourth-order valence-electron chi connectivity index (χ4n) is 6.26. The molecule has 4 aliphatic carbocycles. The van der Waals surface area contributed by atoms with E-state index in [4.69, 9.17) is 0 Å². The molecule has 1 aliphatic heterocycles. The molecule has 1 atom stereocenters. The Labute approximate surface area is 139 Å². The maximum Gasteiger partial charge on any atom is 0.226 e. The van der Waals surface area contributed by atoms with Crippen LogP contribution in [0, 0.1) is 29.1 Å². The molecule has 0 radical (unpaired) electrons. The lowest BCUT2D eigenvalue weighted by Crippen LogP contribution is -2.54. The SMILES string of the molecule is CC(C)N1CC(CNC(=O)C23CC4CC(CC(C4)C2)C3)CC1=O. The van der Waals surface area contributed by atoms with Crippen LogP contribution in [-0.4, -0.2) is 35.8 Å². The minimum absolute atomic E-state index is 0.0604. The molecule has 23 heavy (non-hydrogen) atoms. The molecular formula is C19H30N2O2. The van der Waals surface area contributed by atoms with Gasteiger partial charge in [-0.2, -0.15) is 0 Å². The van der Waals surface area contributed by atoms with Crippen molar-refractivity contribution in [2.45, 2.75) is 64.8 Å². The van der Waals surface area contributed by atoms with Crippen LogP contribution in [0.4, 0.5) is 0 Å². The molecule has 2 amide bonds. The van der Waals surface area contributed by atoms with Crippen LogP contribution in [0.25, 0.3) is 0 Å². The van der Waals surface area contributed by atoms with Gasteiger partial charge in [0, 0.05) is 36.9 Å². The van der Waals surface area contributed by atoms with Crippen molar-refractivity contribution >= 4 is 11.8 Å². The lowest BCUT2D eigenvalue weighted by Gasteiger charge is -2.55. The predicted octanol–water partition coefficient (Wildman–Crippen LogP) is 2.58. The summed E-state index contributed by atoms with van der Waals surface area (Å²) < 4.78 is 0. The van der Waals surface area contributed by atoms with Crippen LogP contribution < -0.4 is 5.32 Å². The van der Waals surface area contributed by atoms with Crippen LogP contribution in [0.2, 0.25) is 0 Å². The fraction of sp³-hybridized carbons (Fsp3) is 0.895. The summed E-state index contributed by atoms with van der Waals surface area (Å²) in [5.74, 6) is 3.24. The van der Waals surface area contributed by atoms with Crippen LogP contribution >= 0.6 is 0 Å². The molecule has 128 valence electrons. The molecule has 4 heteroatoms. The van der Waals surface area contributed by atoms with E-state index < -0.39 is 0 Å². The second kappa shape index (κ2) is 5.49. The molecule has 5 aliphatic rings. The van der Waals surface area contributed by atoms with Gasteiger partial charge in [-0.05, 0) is 70.1 Å². The molecule has 5 rings (SSSR count). The Morgan fingerprint density at radius 3 is 2.22 bits per heavy atom. The first kappa shape index (κ1) is 15.5. The molecule has 4 saturated carbocycles. The number of carbonyl (C=O) groups is 2. The van der Waals surface area contributed by atoms with Crippen LogP contribution in [0.15, 0.2) is 0 Å². The zero-order valence-corrected chi connectivity index (χ0v) is 14.5. The standard InChI is InChI=1S/C19H30N2O2/c1-12(2)21-11-16(6-17(21)22)10-20-18(23)19-7-13-3-14(8-19)5-15(4-13)9-19/h12-16H,3-11H2,1-2H3,(H,20,23). The Bertz CT molecular complexity index is 478. The number of nitrogens with zero attached hydrogens (tertiary/aromatic N) is 1. The van der Waals surface area contributed by atoms with Crippen molar-refractivity contribution in [3.05, 3.63) is 0 Å². The number of likely N-dealkylation sites (tertiary alicyclic amines) is 1. The van der Waals surface area contributed by atoms with E-state index in [9.17, 15) is 9.59 Å². The molecule has 1 heterocycles. The Kier molecular flexibility index (Phi) is 3.69. The highest BCUT2D eigenvalue weighted by molar-refractivity contribution is 5.83. The molecule has 1 N–H and O–H groups in total. The number of hydrogen-bond acceptors (Lipinski definition) is 2. The van der Waals surface area contributed by atoms with Crippen LogP contribution in [0.5, 0.6) is 0 Å². The van der Waals surface area contributed by atoms with Crippen molar-refractivity contribution in [3.63, 3.8) is 0 Å². The highest BCUT2D eigenvalue weighted by atomic mass is 16.2.